The summed E-state index contributed by atoms with van der Waals surface area (Å²) in [5, 5.41) is 0. The van der Waals surface area contributed by atoms with Gasteiger partial charge in [-0.1, -0.05) is 28.1 Å². The second kappa shape index (κ2) is 5.71. The molecule has 0 saturated carbocycles. The Labute approximate surface area is 111 Å². The van der Waals surface area contributed by atoms with E-state index in [4.69, 9.17) is 5.73 Å². The number of nitrogens with zero attached hydrogens (tertiary/aromatic N) is 1. The SMILES string of the molecule is CN(CC(F)(F)F)C(C(N)=O)c1cccc(Br)c1. The van der Waals surface area contributed by atoms with Gasteiger partial charge in [-0.25, -0.2) is 0 Å². The first-order valence-electron chi connectivity index (χ1n) is 5.02. The average molecular weight is 325 g/mol. The molecule has 0 spiro atoms. The number of likely N-dealkylation sites (N-methyl/N-ethyl adjacent to an activating group) is 1. The van der Waals surface area contributed by atoms with Crippen LogP contribution in [0.15, 0.2) is 28.7 Å². The molecule has 3 nitrogen and oxygen atoms in total. The molecule has 100 valence electrons. The first kappa shape index (κ1) is 15.0. The van der Waals surface area contributed by atoms with Crippen LogP contribution in [-0.4, -0.2) is 30.6 Å². The van der Waals surface area contributed by atoms with Gasteiger partial charge < -0.3 is 5.73 Å². The van der Waals surface area contributed by atoms with Crippen LogP contribution >= 0.6 is 15.9 Å². The monoisotopic (exact) mass is 324 g/mol. The fraction of sp³-hybridized carbons (Fsp3) is 0.364. The zero-order valence-electron chi connectivity index (χ0n) is 9.54. The second-order valence-electron chi connectivity index (χ2n) is 3.89. The van der Waals surface area contributed by atoms with Crippen molar-refractivity contribution >= 4 is 21.8 Å². The number of carbonyl (C=O) groups excluding carboxylic acids is 1. The van der Waals surface area contributed by atoms with Gasteiger partial charge >= 0.3 is 6.18 Å². The second-order valence-corrected chi connectivity index (χ2v) is 4.81. The third-order valence-corrected chi connectivity index (χ3v) is 2.80. The van der Waals surface area contributed by atoms with Crippen molar-refractivity contribution in [1.29, 1.82) is 0 Å². The normalized spacial score (nSPS) is 13.7. The molecule has 1 aromatic carbocycles. The van der Waals surface area contributed by atoms with E-state index in [1.165, 1.54) is 7.05 Å². The molecule has 0 radical (unpaired) electrons. The Hall–Kier alpha value is -1.08. The van der Waals surface area contributed by atoms with Crippen molar-refractivity contribution in [3.05, 3.63) is 34.3 Å². The Kier molecular flexibility index (Phi) is 4.75. The lowest BCUT2D eigenvalue weighted by Gasteiger charge is -2.26. The van der Waals surface area contributed by atoms with Crippen molar-refractivity contribution in [3.63, 3.8) is 0 Å². The number of amides is 1. The molecule has 1 aromatic rings. The van der Waals surface area contributed by atoms with E-state index in [9.17, 15) is 18.0 Å². The van der Waals surface area contributed by atoms with Crippen molar-refractivity contribution in [2.45, 2.75) is 12.2 Å². The smallest absolute Gasteiger partial charge is 0.368 e. The maximum atomic E-state index is 12.3. The summed E-state index contributed by atoms with van der Waals surface area (Å²) in [7, 11) is 1.21. The summed E-state index contributed by atoms with van der Waals surface area (Å²) in [6.45, 7) is -1.20. The molecule has 0 aliphatic heterocycles. The third-order valence-electron chi connectivity index (χ3n) is 2.30. The predicted molar refractivity (Wildman–Crippen MR) is 64.8 cm³/mol. The zero-order valence-corrected chi connectivity index (χ0v) is 11.1. The summed E-state index contributed by atoms with van der Waals surface area (Å²) < 4.78 is 37.6. The van der Waals surface area contributed by atoms with Gasteiger partial charge in [0.2, 0.25) is 5.91 Å². The van der Waals surface area contributed by atoms with Crippen molar-refractivity contribution in [3.8, 4) is 0 Å². The highest BCUT2D eigenvalue weighted by molar-refractivity contribution is 9.10. The van der Waals surface area contributed by atoms with Crippen LogP contribution < -0.4 is 5.73 Å². The Bertz CT molecular complexity index is 437. The molecule has 18 heavy (non-hydrogen) atoms. The molecule has 0 aliphatic rings. The number of alkyl halides is 3. The molecule has 2 N–H and O–H groups in total. The summed E-state index contributed by atoms with van der Waals surface area (Å²) in [5.41, 5.74) is 5.60. The molecule has 0 saturated heterocycles. The molecule has 0 fully saturated rings. The number of nitrogens with two attached hydrogens (primary N) is 1. The zero-order chi connectivity index (χ0) is 13.9. The molecular weight excluding hydrogens is 313 g/mol. The minimum atomic E-state index is -4.38. The maximum Gasteiger partial charge on any atom is 0.401 e. The van der Waals surface area contributed by atoms with Gasteiger partial charge in [-0.2, -0.15) is 13.2 Å². The molecule has 1 unspecified atom stereocenters. The van der Waals surface area contributed by atoms with Crippen molar-refractivity contribution in [1.82, 2.24) is 4.90 Å². The van der Waals surface area contributed by atoms with Gasteiger partial charge in [0, 0.05) is 4.47 Å². The van der Waals surface area contributed by atoms with E-state index in [-0.39, 0.29) is 0 Å². The van der Waals surface area contributed by atoms with E-state index in [2.05, 4.69) is 15.9 Å². The van der Waals surface area contributed by atoms with Crippen LogP contribution in [0.5, 0.6) is 0 Å². The predicted octanol–water partition coefficient (Wildman–Crippen LogP) is 2.47. The minimum absolute atomic E-state index is 0.420. The average Bonchev–Trinajstić information content (AvgIpc) is 2.13. The minimum Gasteiger partial charge on any atom is -0.368 e. The van der Waals surface area contributed by atoms with Gasteiger partial charge in [-0.15, -0.1) is 0 Å². The number of carbonyl (C=O) groups is 1. The third kappa shape index (κ3) is 4.30. The highest BCUT2D eigenvalue weighted by Gasteiger charge is 2.34. The van der Waals surface area contributed by atoms with Crippen molar-refractivity contribution < 1.29 is 18.0 Å². The van der Waals surface area contributed by atoms with Crippen LogP contribution in [0.1, 0.15) is 11.6 Å². The largest absolute Gasteiger partial charge is 0.401 e. The highest BCUT2D eigenvalue weighted by atomic mass is 79.9. The van der Waals surface area contributed by atoms with Gasteiger partial charge in [-0.05, 0) is 24.7 Å². The van der Waals surface area contributed by atoms with Crippen LogP contribution in [0, 0.1) is 0 Å². The Morgan fingerprint density at radius 1 is 1.50 bits per heavy atom. The summed E-state index contributed by atoms with van der Waals surface area (Å²) in [5.74, 6) is -0.820. The maximum absolute atomic E-state index is 12.3. The standard InChI is InChI=1S/C11H12BrF3N2O/c1-17(6-11(13,14)15)9(10(16)18)7-3-2-4-8(12)5-7/h2-5,9H,6H2,1H3,(H2,16,18). The quantitative estimate of drug-likeness (QED) is 0.924. The molecular formula is C11H12BrF3N2O. The van der Waals surface area contributed by atoms with Gasteiger partial charge in [0.25, 0.3) is 0 Å². The van der Waals surface area contributed by atoms with Gasteiger partial charge in [0.05, 0.1) is 6.54 Å². The lowest BCUT2D eigenvalue weighted by molar-refractivity contribution is -0.151. The van der Waals surface area contributed by atoms with Crippen LogP contribution in [0.4, 0.5) is 13.2 Å². The fourth-order valence-electron chi connectivity index (χ4n) is 1.69. The number of primary amides is 1. The lowest BCUT2D eigenvalue weighted by Crippen LogP contribution is -2.40. The van der Waals surface area contributed by atoms with Crippen LogP contribution in [0.2, 0.25) is 0 Å². The first-order valence-corrected chi connectivity index (χ1v) is 5.82. The molecule has 0 heterocycles. The lowest BCUT2D eigenvalue weighted by atomic mass is 10.1. The summed E-state index contributed by atoms with van der Waals surface area (Å²) in [4.78, 5) is 12.2. The Morgan fingerprint density at radius 3 is 2.56 bits per heavy atom. The van der Waals surface area contributed by atoms with Gasteiger partial charge in [0.1, 0.15) is 6.04 Å². The molecule has 0 bridgehead atoms. The summed E-state index contributed by atoms with van der Waals surface area (Å²) in [6, 6.07) is 5.38. The Balaban J connectivity index is 3.00. The van der Waals surface area contributed by atoms with E-state index >= 15 is 0 Å². The molecule has 7 heteroatoms. The molecule has 1 amide bonds. The fourth-order valence-corrected chi connectivity index (χ4v) is 2.10. The van der Waals surface area contributed by atoms with E-state index in [0.29, 0.717) is 10.0 Å². The highest BCUT2D eigenvalue weighted by Crippen LogP contribution is 2.26. The molecule has 1 rings (SSSR count). The van der Waals surface area contributed by atoms with Crippen molar-refractivity contribution in [2.75, 3.05) is 13.6 Å². The van der Waals surface area contributed by atoms with Gasteiger partial charge in [0.15, 0.2) is 0 Å². The van der Waals surface area contributed by atoms with E-state index in [1.54, 1.807) is 24.3 Å². The number of hydrogen-bond acceptors (Lipinski definition) is 2. The number of benzene rings is 1. The molecule has 0 aromatic heterocycles. The molecule has 0 aliphatic carbocycles. The van der Waals surface area contributed by atoms with E-state index < -0.39 is 24.7 Å². The topological polar surface area (TPSA) is 46.3 Å². The van der Waals surface area contributed by atoms with Gasteiger partial charge in [-0.3, -0.25) is 9.69 Å². The summed E-state index contributed by atoms with van der Waals surface area (Å²) in [6.07, 6.45) is -4.38. The van der Waals surface area contributed by atoms with Crippen LogP contribution in [-0.2, 0) is 4.79 Å². The van der Waals surface area contributed by atoms with E-state index in [1.807, 2.05) is 0 Å². The van der Waals surface area contributed by atoms with E-state index in [0.717, 1.165) is 4.90 Å². The number of halogens is 4. The van der Waals surface area contributed by atoms with Crippen LogP contribution in [0.25, 0.3) is 0 Å². The summed E-state index contributed by atoms with van der Waals surface area (Å²) >= 11 is 3.20. The number of hydrogen-bond donors (Lipinski definition) is 1. The van der Waals surface area contributed by atoms with Crippen molar-refractivity contribution in [2.24, 2.45) is 5.73 Å². The first-order chi connectivity index (χ1) is 8.20. The molecule has 1 atom stereocenters. The van der Waals surface area contributed by atoms with Crippen LogP contribution in [0.3, 0.4) is 0 Å². The number of rotatable bonds is 4. The Morgan fingerprint density at radius 2 is 2.11 bits per heavy atom.